The van der Waals surface area contributed by atoms with E-state index in [1.807, 2.05) is 6.92 Å². The Hall–Kier alpha value is -1.43. The zero-order valence-electron chi connectivity index (χ0n) is 12.5. The van der Waals surface area contributed by atoms with Gasteiger partial charge in [0.2, 0.25) is 11.8 Å². The number of nitrogens with one attached hydrogen (secondary N) is 1. The summed E-state index contributed by atoms with van der Waals surface area (Å²) in [5.74, 6) is -0.706. The van der Waals surface area contributed by atoms with Crippen molar-refractivity contribution in [1.82, 2.24) is 10.2 Å². The molecule has 0 radical (unpaired) electrons. The Morgan fingerprint density at radius 1 is 1.29 bits per heavy atom. The Balaban J connectivity index is 1.76. The smallest absolute Gasteiger partial charge is 0.306 e. The minimum atomic E-state index is -0.701. The summed E-state index contributed by atoms with van der Waals surface area (Å²) in [5.41, 5.74) is 0. The highest BCUT2D eigenvalue weighted by molar-refractivity contribution is 6.05. The van der Waals surface area contributed by atoms with E-state index in [0.29, 0.717) is 31.8 Å². The third-order valence-electron chi connectivity index (χ3n) is 4.54. The van der Waals surface area contributed by atoms with Gasteiger partial charge in [-0.2, -0.15) is 0 Å². The maximum Gasteiger partial charge on any atom is 0.306 e. The molecule has 118 valence electrons. The molecule has 2 amide bonds. The molecule has 2 N–H and O–H groups in total. The number of imide groups is 1. The van der Waals surface area contributed by atoms with Crippen molar-refractivity contribution in [3.8, 4) is 0 Å². The van der Waals surface area contributed by atoms with Gasteiger partial charge in [0, 0.05) is 6.54 Å². The van der Waals surface area contributed by atoms with Crippen LogP contribution < -0.4 is 5.32 Å². The van der Waals surface area contributed by atoms with Gasteiger partial charge >= 0.3 is 5.97 Å². The molecule has 1 saturated heterocycles. The van der Waals surface area contributed by atoms with Gasteiger partial charge in [-0.25, -0.2) is 0 Å². The molecule has 0 aromatic rings. The number of amides is 2. The molecule has 1 saturated carbocycles. The van der Waals surface area contributed by atoms with E-state index in [9.17, 15) is 14.4 Å². The van der Waals surface area contributed by atoms with Gasteiger partial charge in [0.25, 0.3) is 0 Å². The number of aliphatic carboxylic acids is 1. The zero-order valence-corrected chi connectivity index (χ0v) is 12.5. The fraction of sp³-hybridized carbons (Fsp3) is 0.800. The summed E-state index contributed by atoms with van der Waals surface area (Å²) in [6.07, 6.45) is 4.20. The summed E-state index contributed by atoms with van der Waals surface area (Å²) < 4.78 is 0. The lowest BCUT2D eigenvalue weighted by Crippen LogP contribution is -2.41. The van der Waals surface area contributed by atoms with Gasteiger partial charge in [0.05, 0.1) is 18.4 Å². The number of carbonyl (C=O) groups excluding carboxylic acids is 2. The van der Waals surface area contributed by atoms with E-state index in [4.69, 9.17) is 5.11 Å². The van der Waals surface area contributed by atoms with Crippen LogP contribution in [0.5, 0.6) is 0 Å². The highest BCUT2D eigenvalue weighted by Gasteiger charge is 2.38. The molecule has 0 aromatic carbocycles. The van der Waals surface area contributed by atoms with E-state index in [1.165, 1.54) is 4.90 Å². The molecule has 0 bridgehead atoms. The number of carboxylic acids is 1. The quantitative estimate of drug-likeness (QED) is 0.714. The molecule has 1 unspecified atom stereocenters. The second-order valence-corrected chi connectivity index (χ2v) is 6.10. The average Bonchev–Trinajstić information content (AvgIpc) is 2.73. The molecule has 0 spiro atoms. The lowest BCUT2D eigenvalue weighted by atomic mass is 9.82. The molecule has 2 fully saturated rings. The SMILES string of the molecule is CCCN1C(=O)CC(NCC2CCC(C(=O)O)CC2)C1=O. The highest BCUT2D eigenvalue weighted by Crippen LogP contribution is 2.28. The summed E-state index contributed by atoms with van der Waals surface area (Å²) in [7, 11) is 0. The first kappa shape index (κ1) is 15.9. The van der Waals surface area contributed by atoms with Crippen LogP contribution in [0, 0.1) is 11.8 Å². The molecule has 1 atom stereocenters. The molecular formula is C15H24N2O4. The number of hydrogen-bond donors (Lipinski definition) is 2. The van der Waals surface area contributed by atoms with Crippen LogP contribution in [-0.2, 0) is 14.4 Å². The molecule has 1 aliphatic carbocycles. The normalized spacial score (nSPS) is 30.0. The summed E-state index contributed by atoms with van der Waals surface area (Å²) in [5, 5.41) is 12.2. The summed E-state index contributed by atoms with van der Waals surface area (Å²) in [6, 6.07) is -0.388. The second-order valence-electron chi connectivity index (χ2n) is 6.10. The van der Waals surface area contributed by atoms with Gasteiger partial charge in [-0.05, 0) is 44.6 Å². The van der Waals surface area contributed by atoms with Crippen molar-refractivity contribution in [2.75, 3.05) is 13.1 Å². The zero-order chi connectivity index (χ0) is 15.4. The number of hydrogen-bond acceptors (Lipinski definition) is 4. The van der Waals surface area contributed by atoms with Crippen molar-refractivity contribution in [1.29, 1.82) is 0 Å². The first-order chi connectivity index (χ1) is 10.0. The number of carboxylic acid groups (broad SMARTS) is 1. The van der Waals surface area contributed by atoms with E-state index in [-0.39, 0.29) is 30.2 Å². The van der Waals surface area contributed by atoms with Crippen LogP contribution in [0.15, 0.2) is 0 Å². The topological polar surface area (TPSA) is 86.7 Å². The third kappa shape index (κ3) is 3.81. The molecule has 6 nitrogen and oxygen atoms in total. The van der Waals surface area contributed by atoms with Crippen LogP contribution in [0.4, 0.5) is 0 Å². The fourth-order valence-corrected chi connectivity index (χ4v) is 3.22. The van der Waals surface area contributed by atoms with Crippen molar-refractivity contribution >= 4 is 17.8 Å². The monoisotopic (exact) mass is 296 g/mol. The maximum atomic E-state index is 12.1. The highest BCUT2D eigenvalue weighted by atomic mass is 16.4. The number of rotatable bonds is 6. The van der Waals surface area contributed by atoms with Crippen molar-refractivity contribution in [2.24, 2.45) is 11.8 Å². The molecule has 21 heavy (non-hydrogen) atoms. The predicted octanol–water partition coefficient (Wildman–Crippen LogP) is 1.00. The first-order valence-electron chi connectivity index (χ1n) is 7.83. The minimum Gasteiger partial charge on any atom is -0.481 e. The predicted molar refractivity (Wildman–Crippen MR) is 76.5 cm³/mol. The second kappa shape index (κ2) is 7.02. The van der Waals surface area contributed by atoms with Gasteiger partial charge in [-0.1, -0.05) is 6.92 Å². The fourth-order valence-electron chi connectivity index (χ4n) is 3.22. The molecule has 2 rings (SSSR count). The number of carbonyl (C=O) groups is 3. The van der Waals surface area contributed by atoms with Crippen LogP contribution in [0.2, 0.25) is 0 Å². The maximum absolute atomic E-state index is 12.1. The molecule has 1 aliphatic heterocycles. The van der Waals surface area contributed by atoms with E-state index < -0.39 is 5.97 Å². The van der Waals surface area contributed by atoms with E-state index >= 15 is 0 Å². The van der Waals surface area contributed by atoms with Crippen LogP contribution in [0.1, 0.15) is 45.4 Å². The number of likely N-dealkylation sites (tertiary alicyclic amines) is 1. The Morgan fingerprint density at radius 3 is 2.52 bits per heavy atom. The van der Waals surface area contributed by atoms with E-state index in [1.54, 1.807) is 0 Å². The molecule has 6 heteroatoms. The largest absolute Gasteiger partial charge is 0.481 e. The first-order valence-corrected chi connectivity index (χ1v) is 7.83. The van der Waals surface area contributed by atoms with Gasteiger partial charge in [-0.3, -0.25) is 19.3 Å². The standard InChI is InChI=1S/C15H24N2O4/c1-2-7-17-13(18)8-12(14(17)19)16-9-10-3-5-11(6-4-10)15(20)21/h10-12,16H,2-9H2,1H3,(H,20,21). The Bertz CT molecular complexity index is 416. The van der Waals surface area contributed by atoms with Gasteiger partial charge in [0.15, 0.2) is 0 Å². The Labute approximate surface area is 124 Å². The lowest BCUT2D eigenvalue weighted by Gasteiger charge is -2.27. The van der Waals surface area contributed by atoms with Gasteiger partial charge in [-0.15, -0.1) is 0 Å². The van der Waals surface area contributed by atoms with Gasteiger partial charge in [0.1, 0.15) is 0 Å². The average molecular weight is 296 g/mol. The Morgan fingerprint density at radius 2 is 1.95 bits per heavy atom. The van der Waals surface area contributed by atoms with E-state index in [0.717, 1.165) is 19.3 Å². The van der Waals surface area contributed by atoms with Crippen LogP contribution in [0.3, 0.4) is 0 Å². The van der Waals surface area contributed by atoms with Crippen molar-refractivity contribution in [3.63, 3.8) is 0 Å². The summed E-state index contributed by atoms with van der Waals surface area (Å²) in [4.78, 5) is 36.1. The lowest BCUT2D eigenvalue weighted by molar-refractivity contribution is -0.143. The van der Waals surface area contributed by atoms with Crippen molar-refractivity contribution < 1.29 is 19.5 Å². The summed E-state index contributed by atoms with van der Waals surface area (Å²) in [6.45, 7) is 3.14. The van der Waals surface area contributed by atoms with Crippen molar-refractivity contribution in [3.05, 3.63) is 0 Å². The Kier molecular flexibility index (Phi) is 5.33. The molecular weight excluding hydrogens is 272 g/mol. The summed E-state index contributed by atoms with van der Waals surface area (Å²) >= 11 is 0. The molecule has 1 heterocycles. The van der Waals surface area contributed by atoms with Crippen LogP contribution >= 0.6 is 0 Å². The third-order valence-corrected chi connectivity index (χ3v) is 4.54. The molecule has 0 aromatic heterocycles. The van der Waals surface area contributed by atoms with Crippen LogP contribution in [0.25, 0.3) is 0 Å². The molecule has 2 aliphatic rings. The van der Waals surface area contributed by atoms with Gasteiger partial charge < -0.3 is 10.4 Å². The van der Waals surface area contributed by atoms with E-state index in [2.05, 4.69) is 5.32 Å². The minimum absolute atomic E-state index is 0.0889. The van der Waals surface area contributed by atoms with Crippen molar-refractivity contribution in [2.45, 2.75) is 51.5 Å². The number of nitrogens with zero attached hydrogens (tertiary/aromatic N) is 1. The van der Waals surface area contributed by atoms with Crippen LogP contribution in [-0.4, -0.2) is 46.9 Å².